The summed E-state index contributed by atoms with van der Waals surface area (Å²) in [7, 11) is -3.94. The summed E-state index contributed by atoms with van der Waals surface area (Å²) in [4.78, 5) is 10.8. The Kier molecular flexibility index (Phi) is 7.28. The van der Waals surface area contributed by atoms with Crippen LogP contribution in [0.2, 0.25) is 0 Å². The van der Waals surface area contributed by atoms with Gasteiger partial charge in [-0.05, 0) is 48.1 Å². The van der Waals surface area contributed by atoms with Gasteiger partial charge in [0.2, 0.25) is 0 Å². The molecule has 0 saturated heterocycles. The van der Waals surface area contributed by atoms with Gasteiger partial charge in [0, 0.05) is 0 Å². The van der Waals surface area contributed by atoms with Gasteiger partial charge in [0.15, 0.2) is 0 Å². The topological polar surface area (TPSA) is 46.5 Å². The molecule has 0 amide bonds. The molecule has 4 heteroatoms. The first-order chi connectivity index (χ1) is 12.0. The Morgan fingerprint density at radius 3 is 2.12 bits per heavy atom. The SMILES string of the molecule is CCCc1ccccc1OP(=O)(O)c1cccc(CCC)c1CCC. The first kappa shape index (κ1) is 19.8. The minimum Gasteiger partial charge on any atom is -0.421 e. The maximum atomic E-state index is 13.1. The summed E-state index contributed by atoms with van der Waals surface area (Å²) in [6.07, 6.45) is 5.43. The van der Waals surface area contributed by atoms with Crippen LogP contribution >= 0.6 is 7.60 Å². The number of hydrogen-bond donors (Lipinski definition) is 1. The van der Waals surface area contributed by atoms with E-state index in [1.54, 1.807) is 12.1 Å². The monoisotopic (exact) mass is 360 g/mol. The number of aryl methyl sites for hydroxylation is 2. The third-order valence-electron chi connectivity index (χ3n) is 4.29. The van der Waals surface area contributed by atoms with Crippen LogP contribution in [0.15, 0.2) is 42.5 Å². The Morgan fingerprint density at radius 1 is 0.840 bits per heavy atom. The van der Waals surface area contributed by atoms with E-state index < -0.39 is 7.60 Å². The van der Waals surface area contributed by atoms with Crippen molar-refractivity contribution in [3.8, 4) is 5.75 Å². The van der Waals surface area contributed by atoms with Gasteiger partial charge in [-0.25, -0.2) is 4.57 Å². The highest BCUT2D eigenvalue weighted by Gasteiger charge is 2.29. The van der Waals surface area contributed by atoms with Gasteiger partial charge < -0.3 is 9.42 Å². The van der Waals surface area contributed by atoms with Gasteiger partial charge in [-0.1, -0.05) is 70.4 Å². The Hall–Kier alpha value is -1.57. The standard InChI is InChI=1S/C21H29O3P/c1-4-10-17-14-9-16-21(19(17)12-6-3)25(22,23)24-20-15-8-7-13-18(20)11-5-2/h7-9,13-16H,4-6,10-12H2,1-3H3,(H,22,23). The molecule has 136 valence electrons. The van der Waals surface area contributed by atoms with Crippen LogP contribution in [0, 0.1) is 0 Å². The lowest BCUT2D eigenvalue weighted by molar-refractivity contribution is 0.391. The Balaban J connectivity index is 2.43. The molecular weight excluding hydrogens is 331 g/mol. The molecule has 0 heterocycles. The van der Waals surface area contributed by atoms with E-state index in [4.69, 9.17) is 4.52 Å². The molecule has 3 nitrogen and oxygen atoms in total. The van der Waals surface area contributed by atoms with Crippen LogP contribution in [0.1, 0.15) is 56.7 Å². The van der Waals surface area contributed by atoms with Crippen LogP contribution in [0.5, 0.6) is 5.75 Å². The van der Waals surface area contributed by atoms with Crippen LogP contribution in [0.4, 0.5) is 0 Å². The third-order valence-corrected chi connectivity index (χ3v) is 5.76. The van der Waals surface area contributed by atoms with Gasteiger partial charge in [-0.3, -0.25) is 0 Å². The fourth-order valence-corrected chi connectivity index (χ4v) is 4.59. The Labute approximate surface area is 151 Å². The van der Waals surface area contributed by atoms with E-state index >= 15 is 0 Å². The molecule has 0 radical (unpaired) electrons. The van der Waals surface area contributed by atoms with E-state index in [9.17, 15) is 9.46 Å². The minimum atomic E-state index is -3.94. The molecule has 1 atom stereocenters. The van der Waals surface area contributed by atoms with E-state index in [-0.39, 0.29) is 0 Å². The molecule has 0 aliphatic heterocycles. The molecule has 0 saturated carbocycles. The van der Waals surface area contributed by atoms with Crippen LogP contribution < -0.4 is 9.83 Å². The van der Waals surface area contributed by atoms with Crippen molar-refractivity contribution >= 4 is 12.9 Å². The Morgan fingerprint density at radius 2 is 1.44 bits per heavy atom. The molecule has 25 heavy (non-hydrogen) atoms. The summed E-state index contributed by atoms with van der Waals surface area (Å²) >= 11 is 0. The quantitative estimate of drug-likeness (QED) is 0.606. The van der Waals surface area contributed by atoms with E-state index in [1.165, 1.54) is 0 Å². The van der Waals surface area contributed by atoms with E-state index in [2.05, 4.69) is 26.8 Å². The second-order valence-electron chi connectivity index (χ2n) is 6.38. The second-order valence-corrected chi connectivity index (χ2v) is 8.09. The largest absolute Gasteiger partial charge is 0.421 e. The average Bonchev–Trinajstić information content (AvgIpc) is 2.58. The molecule has 2 rings (SSSR count). The maximum Gasteiger partial charge on any atom is 0.408 e. The molecular formula is C21H29O3P. The van der Waals surface area contributed by atoms with Crippen molar-refractivity contribution in [3.05, 3.63) is 59.2 Å². The fourth-order valence-electron chi connectivity index (χ4n) is 3.18. The normalized spacial score (nSPS) is 13.4. The lowest BCUT2D eigenvalue weighted by Gasteiger charge is -2.20. The predicted molar refractivity (Wildman–Crippen MR) is 105 cm³/mol. The van der Waals surface area contributed by atoms with Crippen molar-refractivity contribution in [2.45, 2.75) is 59.3 Å². The molecule has 2 aromatic rings. The van der Waals surface area contributed by atoms with E-state index in [1.807, 2.05) is 24.3 Å². The maximum absolute atomic E-state index is 13.1. The zero-order chi connectivity index (χ0) is 18.3. The Bertz CT molecular complexity index is 740. The fraction of sp³-hybridized carbons (Fsp3) is 0.429. The lowest BCUT2D eigenvalue weighted by atomic mass is 10.00. The third kappa shape index (κ3) is 4.96. The van der Waals surface area contributed by atoms with Crippen LogP contribution in [-0.2, 0) is 23.8 Å². The van der Waals surface area contributed by atoms with Gasteiger partial charge in [-0.15, -0.1) is 0 Å². The van der Waals surface area contributed by atoms with Crippen molar-refractivity contribution in [1.82, 2.24) is 0 Å². The number of hydrogen-bond acceptors (Lipinski definition) is 2. The zero-order valence-corrected chi connectivity index (χ0v) is 16.4. The molecule has 0 fully saturated rings. The zero-order valence-electron chi connectivity index (χ0n) is 15.5. The van der Waals surface area contributed by atoms with Crippen LogP contribution in [-0.4, -0.2) is 4.89 Å². The van der Waals surface area contributed by atoms with E-state index in [0.29, 0.717) is 11.1 Å². The number of para-hydroxylation sites is 1. The molecule has 2 aromatic carbocycles. The van der Waals surface area contributed by atoms with Crippen molar-refractivity contribution in [2.24, 2.45) is 0 Å². The second kappa shape index (κ2) is 9.22. The van der Waals surface area contributed by atoms with Crippen molar-refractivity contribution in [2.75, 3.05) is 0 Å². The van der Waals surface area contributed by atoms with Crippen LogP contribution in [0.25, 0.3) is 0 Å². The molecule has 0 bridgehead atoms. The lowest BCUT2D eigenvalue weighted by Crippen LogP contribution is -2.17. The van der Waals surface area contributed by atoms with Gasteiger partial charge in [0.1, 0.15) is 5.75 Å². The summed E-state index contributed by atoms with van der Waals surface area (Å²) in [6.45, 7) is 6.30. The molecule has 1 N–H and O–H groups in total. The average molecular weight is 360 g/mol. The summed E-state index contributed by atoms with van der Waals surface area (Å²) in [5.74, 6) is 0.513. The van der Waals surface area contributed by atoms with Gasteiger partial charge in [0.05, 0.1) is 5.30 Å². The minimum absolute atomic E-state index is 0.451. The molecule has 0 spiro atoms. The first-order valence-corrected chi connectivity index (χ1v) is 10.8. The van der Waals surface area contributed by atoms with E-state index in [0.717, 1.165) is 55.2 Å². The number of rotatable bonds is 9. The van der Waals surface area contributed by atoms with Gasteiger partial charge >= 0.3 is 7.60 Å². The summed E-state index contributed by atoms with van der Waals surface area (Å²) in [6, 6.07) is 13.2. The summed E-state index contributed by atoms with van der Waals surface area (Å²) in [5.41, 5.74) is 3.10. The van der Waals surface area contributed by atoms with Crippen molar-refractivity contribution < 1.29 is 14.0 Å². The van der Waals surface area contributed by atoms with Crippen molar-refractivity contribution in [1.29, 1.82) is 0 Å². The van der Waals surface area contributed by atoms with Gasteiger partial charge in [-0.2, -0.15) is 0 Å². The highest BCUT2D eigenvalue weighted by atomic mass is 31.2. The summed E-state index contributed by atoms with van der Waals surface area (Å²) in [5, 5.41) is 0.451. The number of benzene rings is 2. The molecule has 0 aliphatic carbocycles. The molecule has 1 unspecified atom stereocenters. The molecule has 0 aromatic heterocycles. The predicted octanol–water partition coefficient (Wildman–Crippen LogP) is 5.43. The smallest absolute Gasteiger partial charge is 0.408 e. The highest BCUT2D eigenvalue weighted by Crippen LogP contribution is 2.44. The molecule has 0 aliphatic rings. The van der Waals surface area contributed by atoms with Crippen LogP contribution in [0.3, 0.4) is 0 Å². The summed E-state index contributed by atoms with van der Waals surface area (Å²) < 4.78 is 18.8. The first-order valence-electron chi connectivity index (χ1n) is 9.25. The van der Waals surface area contributed by atoms with Gasteiger partial charge in [0.25, 0.3) is 0 Å². The highest BCUT2D eigenvalue weighted by molar-refractivity contribution is 7.61. The van der Waals surface area contributed by atoms with Crippen molar-refractivity contribution in [3.63, 3.8) is 0 Å².